The number of nitrogens with zero attached hydrogens (tertiary/aromatic N) is 2. The summed E-state index contributed by atoms with van der Waals surface area (Å²) in [7, 11) is 0. The van der Waals surface area contributed by atoms with E-state index in [0.717, 1.165) is 15.6 Å². The Hall–Kier alpha value is -3.53. The highest BCUT2D eigenvalue weighted by Gasteiger charge is 2.17. The summed E-state index contributed by atoms with van der Waals surface area (Å²) in [5.41, 5.74) is 1.48. The number of aromatic nitrogens is 2. The van der Waals surface area contributed by atoms with Gasteiger partial charge in [0.15, 0.2) is 0 Å². The monoisotopic (exact) mass is 326 g/mol. The van der Waals surface area contributed by atoms with Crippen molar-refractivity contribution in [2.45, 2.75) is 0 Å². The van der Waals surface area contributed by atoms with E-state index in [9.17, 15) is 9.59 Å². The predicted octanol–water partition coefficient (Wildman–Crippen LogP) is 3.75. The average molecular weight is 326 g/mol. The molecule has 4 aromatic rings. The zero-order valence-corrected chi connectivity index (χ0v) is 13.3. The highest BCUT2D eigenvalue weighted by molar-refractivity contribution is 5.99. The largest absolute Gasteiger partial charge is 0.282 e. The molecule has 0 bridgehead atoms. The lowest BCUT2D eigenvalue weighted by Gasteiger charge is -2.10. The van der Waals surface area contributed by atoms with Gasteiger partial charge in [-0.1, -0.05) is 66.7 Å². The summed E-state index contributed by atoms with van der Waals surface area (Å²) in [6.07, 6.45) is 0. The van der Waals surface area contributed by atoms with Crippen molar-refractivity contribution in [3.63, 3.8) is 0 Å². The first kappa shape index (κ1) is 15.0. The van der Waals surface area contributed by atoms with Crippen molar-refractivity contribution in [3.8, 4) is 11.3 Å². The van der Waals surface area contributed by atoms with Crippen LogP contribution in [-0.4, -0.2) is 15.7 Å². The number of hydrogen-bond donors (Lipinski definition) is 0. The van der Waals surface area contributed by atoms with Crippen LogP contribution in [0.25, 0.3) is 22.0 Å². The summed E-state index contributed by atoms with van der Waals surface area (Å²) < 4.78 is 0.958. The fourth-order valence-corrected chi connectivity index (χ4v) is 2.84. The van der Waals surface area contributed by atoms with E-state index in [1.165, 1.54) is 0 Å². The molecule has 0 saturated carbocycles. The maximum absolute atomic E-state index is 12.8. The average Bonchev–Trinajstić information content (AvgIpc) is 2.69. The summed E-state index contributed by atoms with van der Waals surface area (Å²) in [6.45, 7) is 0. The maximum atomic E-state index is 12.8. The normalized spacial score (nSPS) is 10.7. The fraction of sp³-hybridized carbons (Fsp3) is 0. The highest BCUT2D eigenvalue weighted by Crippen LogP contribution is 2.24. The first-order valence-electron chi connectivity index (χ1n) is 7.93. The van der Waals surface area contributed by atoms with Crippen molar-refractivity contribution in [2.75, 3.05) is 0 Å². The summed E-state index contributed by atoms with van der Waals surface area (Å²) in [4.78, 5) is 25.6. The lowest BCUT2D eigenvalue weighted by molar-refractivity contribution is 0.0940. The van der Waals surface area contributed by atoms with Gasteiger partial charge in [0.05, 0.1) is 11.1 Å². The van der Waals surface area contributed by atoms with E-state index < -0.39 is 11.5 Å². The SMILES string of the molecule is O=C(c1ccccc1)n1nc(-c2ccccc2)c2ccccc2c1=O. The Morgan fingerprint density at radius 1 is 0.720 bits per heavy atom. The Balaban J connectivity index is 2.02. The van der Waals surface area contributed by atoms with E-state index >= 15 is 0 Å². The molecule has 120 valence electrons. The molecule has 0 aliphatic rings. The predicted molar refractivity (Wildman–Crippen MR) is 97.6 cm³/mol. The Bertz CT molecular complexity index is 1120. The van der Waals surface area contributed by atoms with Gasteiger partial charge in [0, 0.05) is 16.5 Å². The molecule has 4 heteroatoms. The molecule has 4 nitrogen and oxygen atoms in total. The number of hydrogen-bond acceptors (Lipinski definition) is 3. The summed E-state index contributed by atoms with van der Waals surface area (Å²) in [6, 6.07) is 25.5. The van der Waals surface area contributed by atoms with Gasteiger partial charge in [-0.25, -0.2) is 0 Å². The molecule has 0 aliphatic heterocycles. The Morgan fingerprint density at radius 3 is 1.96 bits per heavy atom. The van der Waals surface area contributed by atoms with Crippen LogP contribution >= 0.6 is 0 Å². The van der Waals surface area contributed by atoms with Crippen LogP contribution in [0.15, 0.2) is 89.7 Å². The van der Waals surface area contributed by atoms with Gasteiger partial charge in [0.2, 0.25) is 0 Å². The molecule has 0 saturated heterocycles. The molecule has 0 atom stereocenters. The first-order valence-corrected chi connectivity index (χ1v) is 7.93. The topological polar surface area (TPSA) is 52.0 Å². The van der Waals surface area contributed by atoms with Gasteiger partial charge in [-0.2, -0.15) is 9.78 Å². The molecule has 0 fully saturated rings. The van der Waals surface area contributed by atoms with Gasteiger partial charge >= 0.3 is 0 Å². The number of carbonyl (C=O) groups excluding carboxylic acids is 1. The lowest BCUT2D eigenvalue weighted by Crippen LogP contribution is -2.30. The quantitative estimate of drug-likeness (QED) is 0.564. The molecule has 0 spiro atoms. The fourth-order valence-electron chi connectivity index (χ4n) is 2.84. The Labute approximate surface area is 144 Å². The maximum Gasteiger partial charge on any atom is 0.282 e. The molecular weight excluding hydrogens is 312 g/mol. The number of carbonyl (C=O) groups is 1. The third kappa shape index (κ3) is 2.64. The summed E-state index contributed by atoms with van der Waals surface area (Å²) in [5.74, 6) is -0.437. The molecule has 0 amide bonds. The van der Waals surface area contributed by atoms with Gasteiger partial charge in [-0.15, -0.1) is 0 Å². The van der Waals surface area contributed by atoms with Crippen molar-refractivity contribution in [3.05, 3.63) is 101 Å². The smallest absolute Gasteiger partial charge is 0.267 e. The van der Waals surface area contributed by atoms with E-state index in [-0.39, 0.29) is 0 Å². The van der Waals surface area contributed by atoms with Crippen LogP contribution in [0.5, 0.6) is 0 Å². The molecule has 0 radical (unpaired) electrons. The van der Waals surface area contributed by atoms with Gasteiger partial charge in [0.25, 0.3) is 11.5 Å². The number of rotatable bonds is 2. The number of fused-ring (bicyclic) bond motifs is 1. The molecule has 4 rings (SSSR count). The van der Waals surface area contributed by atoms with Gasteiger partial charge in [-0.05, 0) is 18.2 Å². The van der Waals surface area contributed by atoms with Crippen molar-refractivity contribution in [1.29, 1.82) is 0 Å². The second kappa shape index (κ2) is 6.17. The van der Waals surface area contributed by atoms with E-state index in [4.69, 9.17) is 0 Å². The van der Waals surface area contributed by atoms with Gasteiger partial charge in [0.1, 0.15) is 0 Å². The standard InChI is InChI=1S/C21H14N2O2/c24-20(16-11-5-2-6-12-16)23-21(25)18-14-8-7-13-17(18)19(22-23)15-9-3-1-4-10-15/h1-14H. The molecule has 0 aliphatic carbocycles. The molecule has 3 aromatic carbocycles. The van der Waals surface area contributed by atoms with Crippen LogP contribution in [0.3, 0.4) is 0 Å². The minimum atomic E-state index is -0.437. The van der Waals surface area contributed by atoms with Crippen molar-refractivity contribution in [2.24, 2.45) is 0 Å². The van der Waals surface area contributed by atoms with Crippen LogP contribution < -0.4 is 5.56 Å². The molecule has 0 unspecified atom stereocenters. The lowest BCUT2D eigenvalue weighted by atomic mass is 10.1. The Morgan fingerprint density at radius 2 is 1.28 bits per heavy atom. The molecule has 0 N–H and O–H groups in total. The van der Waals surface area contributed by atoms with Crippen LogP contribution in [-0.2, 0) is 0 Å². The van der Waals surface area contributed by atoms with Crippen LogP contribution in [0, 0.1) is 0 Å². The van der Waals surface area contributed by atoms with E-state index in [1.807, 2.05) is 48.5 Å². The van der Waals surface area contributed by atoms with Gasteiger partial charge in [-0.3, -0.25) is 9.59 Å². The van der Waals surface area contributed by atoms with Crippen molar-refractivity contribution in [1.82, 2.24) is 9.78 Å². The van der Waals surface area contributed by atoms with Crippen molar-refractivity contribution >= 4 is 16.7 Å². The van der Waals surface area contributed by atoms with Gasteiger partial charge < -0.3 is 0 Å². The van der Waals surface area contributed by atoms with Crippen LogP contribution in [0.4, 0.5) is 0 Å². The highest BCUT2D eigenvalue weighted by atomic mass is 16.2. The molecular formula is C21H14N2O2. The third-order valence-electron chi connectivity index (χ3n) is 4.07. The first-order chi connectivity index (χ1) is 12.3. The molecule has 25 heavy (non-hydrogen) atoms. The van der Waals surface area contributed by atoms with Crippen LogP contribution in [0.1, 0.15) is 10.4 Å². The minimum absolute atomic E-state index is 0.413. The summed E-state index contributed by atoms with van der Waals surface area (Å²) >= 11 is 0. The summed E-state index contributed by atoms with van der Waals surface area (Å²) in [5, 5.41) is 5.61. The second-order valence-corrected chi connectivity index (χ2v) is 5.65. The number of benzene rings is 3. The van der Waals surface area contributed by atoms with Crippen molar-refractivity contribution < 1.29 is 4.79 Å². The second-order valence-electron chi connectivity index (χ2n) is 5.65. The van der Waals surface area contributed by atoms with E-state index in [2.05, 4.69) is 5.10 Å². The van der Waals surface area contributed by atoms with E-state index in [0.29, 0.717) is 16.6 Å². The minimum Gasteiger partial charge on any atom is -0.267 e. The zero-order valence-electron chi connectivity index (χ0n) is 13.3. The zero-order chi connectivity index (χ0) is 17.2. The molecule has 1 heterocycles. The Kier molecular flexibility index (Phi) is 3.71. The van der Waals surface area contributed by atoms with Crippen LogP contribution in [0.2, 0.25) is 0 Å². The molecule has 1 aromatic heterocycles. The van der Waals surface area contributed by atoms with E-state index in [1.54, 1.807) is 36.4 Å². The third-order valence-corrected chi connectivity index (χ3v) is 4.07.